The maximum absolute atomic E-state index is 12.8. The lowest BCUT2D eigenvalue weighted by molar-refractivity contribution is -0.192. The van der Waals surface area contributed by atoms with Crippen molar-refractivity contribution in [1.82, 2.24) is 0 Å². The number of cyclic esters (lactones) is 1. The molecule has 122 valence electrons. The van der Waals surface area contributed by atoms with Crippen LogP contribution in [0.1, 0.15) is 46.0 Å². The highest BCUT2D eigenvalue weighted by atomic mass is 16.5. The number of rotatable bonds is 1. The molecule has 0 N–H and O–H groups in total. The van der Waals surface area contributed by atoms with E-state index in [1.807, 2.05) is 13.8 Å². The molecule has 3 rings (SSSR count). The quantitative estimate of drug-likeness (QED) is 0.694. The number of carbonyl (C=O) groups is 3. The summed E-state index contributed by atoms with van der Waals surface area (Å²) in [6, 6.07) is 0. The molecule has 5 atom stereocenters. The Bertz CT molecular complexity index is 527. The van der Waals surface area contributed by atoms with Crippen molar-refractivity contribution in [2.45, 2.75) is 46.0 Å². The number of ketones is 1. The van der Waals surface area contributed by atoms with Gasteiger partial charge in [0.15, 0.2) is 0 Å². The molecule has 5 unspecified atom stereocenters. The van der Waals surface area contributed by atoms with Gasteiger partial charge in [0.05, 0.1) is 25.6 Å². The topological polar surface area (TPSA) is 69.7 Å². The third-order valence-electron chi connectivity index (χ3n) is 6.54. The van der Waals surface area contributed by atoms with Gasteiger partial charge in [-0.1, -0.05) is 13.8 Å². The lowest BCUT2D eigenvalue weighted by Gasteiger charge is -2.59. The summed E-state index contributed by atoms with van der Waals surface area (Å²) in [6.07, 6.45) is 3.03. The maximum atomic E-state index is 12.8. The van der Waals surface area contributed by atoms with E-state index in [0.717, 1.165) is 0 Å². The summed E-state index contributed by atoms with van der Waals surface area (Å²) in [5.41, 5.74) is -0.808. The Balaban J connectivity index is 2.04. The van der Waals surface area contributed by atoms with Crippen molar-refractivity contribution in [3.05, 3.63) is 0 Å². The fourth-order valence-electron chi connectivity index (χ4n) is 5.46. The predicted octanol–water partition coefficient (Wildman–Crippen LogP) is 2.12. The zero-order chi connectivity index (χ0) is 16.1. The van der Waals surface area contributed by atoms with Gasteiger partial charge in [0.2, 0.25) is 0 Å². The van der Waals surface area contributed by atoms with E-state index in [1.54, 1.807) is 0 Å². The predicted molar refractivity (Wildman–Crippen MR) is 77.8 cm³/mol. The molecule has 1 heterocycles. The highest BCUT2D eigenvalue weighted by Gasteiger charge is 2.64. The molecule has 0 aromatic rings. The molecule has 0 radical (unpaired) electrons. The van der Waals surface area contributed by atoms with Crippen molar-refractivity contribution < 1.29 is 23.9 Å². The molecule has 0 amide bonds. The van der Waals surface area contributed by atoms with Gasteiger partial charge in [-0.25, -0.2) is 0 Å². The van der Waals surface area contributed by atoms with E-state index in [0.29, 0.717) is 38.7 Å². The number of esters is 2. The van der Waals surface area contributed by atoms with Gasteiger partial charge in [0, 0.05) is 12.3 Å². The SMILES string of the molecule is COC(=O)C1CCC(=O)C2C1(C)CCC1C(=O)OCCC12C. The molecule has 22 heavy (non-hydrogen) atoms. The standard InChI is InChI=1S/C17H24O5/c1-16-7-6-11-15(20)22-9-8-17(11,2)13(16)12(18)5-4-10(16)14(19)21-3/h10-11,13H,4-9H2,1-3H3. The van der Waals surface area contributed by atoms with Gasteiger partial charge in [-0.05, 0) is 36.5 Å². The zero-order valence-electron chi connectivity index (χ0n) is 13.5. The third kappa shape index (κ3) is 1.94. The first-order valence-electron chi connectivity index (χ1n) is 8.12. The molecular formula is C17H24O5. The van der Waals surface area contributed by atoms with Crippen LogP contribution in [-0.4, -0.2) is 31.4 Å². The summed E-state index contributed by atoms with van der Waals surface area (Å²) in [5.74, 6) is -0.936. The molecule has 0 spiro atoms. The minimum atomic E-state index is -0.411. The fraction of sp³-hybridized carbons (Fsp3) is 0.824. The van der Waals surface area contributed by atoms with Crippen LogP contribution in [-0.2, 0) is 23.9 Å². The summed E-state index contributed by atoms with van der Waals surface area (Å²) in [5, 5.41) is 0. The molecule has 0 aromatic heterocycles. The smallest absolute Gasteiger partial charge is 0.309 e. The van der Waals surface area contributed by atoms with Crippen molar-refractivity contribution in [2.24, 2.45) is 28.6 Å². The van der Waals surface area contributed by atoms with Gasteiger partial charge in [0.25, 0.3) is 0 Å². The van der Waals surface area contributed by atoms with Crippen LogP contribution < -0.4 is 0 Å². The average Bonchev–Trinajstić information content (AvgIpc) is 2.45. The van der Waals surface area contributed by atoms with Crippen LogP contribution in [0.25, 0.3) is 0 Å². The minimum absolute atomic E-state index is 0.177. The number of hydrogen-bond acceptors (Lipinski definition) is 5. The first-order valence-corrected chi connectivity index (χ1v) is 8.12. The van der Waals surface area contributed by atoms with Crippen LogP contribution in [0.15, 0.2) is 0 Å². The monoisotopic (exact) mass is 308 g/mol. The molecule has 5 nitrogen and oxygen atoms in total. The minimum Gasteiger partial charge on any atom is -0.469 e. The number of ether oxygens (including phenoxy) is 2. The van der Waals surface area contributed by atoms with Crippen LogP contribution >= 0.6 is 0 Å². The van der Waals surface area contributed by atoms with E-state index in [1.165, 1.54) is 7.11 Å². The van der Waals surface area contributed by atoms with Gasteiger partial charge >= 0.3 is 11.9 Å². The number of Topliss-reactive ketones (excluding diaryl/α,β-unsaturated/α-hetero) is 1. The number of fused-ring (bicyclic) bond motifs is 3. The maximum Gasteiger partial charge on any atom is 0.309 e. The first-order chi connectivity index (χ1) is 10.3. The van der Waals surface area contributed by atoms with Crippen molar-refractivity contribution in [3.8, 4) is 0 Å². The lowest BCUT2D eigenvalue weighted by atomic mass is 9.44. The van der Waals surface area contributed by atoms with Gasteiger partial charge < -0.3 is 9.47 Å². The van der Waals surface area contributed by atoms with Gasteiger partial charge in [0.1, 0.15) is 5.78 Å². The van der Waals surface area contributed by atoms with E-state index in [2.05, 4.69) is 0 Å². The Morgan fingerprint density at radius 3 is 2.59 bits per heavy atom. The molecule has 0 bridgehead atoms. The molecule has 0 aromatic carbocycles. The summed E-state index contributed by atoms with van der Waals surface area (Å²) in [7, 11) is 1.41. The van der Waals surface area contributed by atoms with Gasteiger partial charge in [-0.15, -0.1) is 0 Å². The second-order valence-corrected chi connectivity index (χ2v) is 7.53. The average molecular weight is 308 g/mol. The van der Waals surface area contributed by atoms with Crippen LogP contribution in [0.4, 0.5) is 0 Å². The van der Waals surface area contributed by atoms with Crippen LogP contribution in [0, 0.1) is 28.6 Å². The fourth-order valence-corrected chi connectivity index (χ4v) is 5.46. The van der Waals surface area contributed by atoms with Crippen LogP contribution in [0.3, 0.4) is 0 Å². The third-order valence-corrected chi connectivity index (χ3v) is 6.54. The van der Waals surface area contributed by atoms with E-state index in [9.17, 15) is 14.4 Å². The zero-order valence-corrected chi connectivity index (χ0v) is 13.5. The van der Waals surface area contributed by atoms with Gasteiger partial charge in [-0.3, -0.25) is 14.4 Å². The Morgan fingerprint density at radius 2 is 1.91 bits per heavy atom. The summed E-state index contributed by atoms with van der Waals surface area (Å²) in [4.78, 5) is 37.2. The number of carbonyl (C=O) groups excluding carboxylic acids is 3. The second kappa shape index (κ2) is 5.07. The van der Waals surface area contributed by atoms with E-state index < -0.39 is 10.8 Å². The van der Waals surface area contributed by atoms with Crippen LogP contribution in [0.2, 0.25) is 0 Å². The molecular weight excluding hydrogens is 284 g/mol. The highest BCUT2D eigenvalue weighted by Crippen LogP contribution is 2.63. The Morgan fingerprint density at radius 1 is 1.18 bits per heavy atom. The summed E-state index contributed by atoms with van der Waals surface area (Å²) >= 11 is 0. The molecule has 5 heteroatoms. The Kier molecular flexibility index (Phi) is 3.57. The molecule has 1 aliphatic heterocycles. The number of methoxy groups -OCH3 is 1. The van der Waals surface area contributed by atoms with Gasteiger partial charge in [-0.2, -0.15) is 0 Å². The molecule has 2 aliphatic carbocycles. The second-order valence-electron chi connectivity index (χ2n) is 7.53. The van der Waals surface area contributed by atoms with E-state index in [-0.39, 0.29) is 35.5 Å². The molecule has 2 saturated carbocycles. The Hall–Kier alpha value is -1.39. The van der Waals surface area contributed by atoms with E-state index >= 15 is 0 Å². The summed E-state index contributed by atoms with van der Waals surface area (Å²) < 4.78 is 10.2. The van der Waals surface area contributed by atoms with Crippen molar-refractivity contribution >= 4 is 17.7 Å². The first kappa shape index (κ1) is 15.5. The van der Waals surface area contributed by atoms with E-state index in [4.69, 9.17) is 9.47 Å². The highest BCUT2D eigenvalue weighted by molar-refractivity contribution is 5.88. The van der Waals surface area contributed by atoms with Crippen molar-refractivity contribution in [1.29, 1.82) is 0 Å². The van der Waals surface area contributed by atoms with Crippen molar-refractivity contribution in [3.63, 3.8) is 0 Å². The van der Waals surface area contributed by atoms with Crippen LogP contribution in [0.5, 0.6) is 0 Å². The molecule has 3 aliphatic rings. The normalized spacial score (nSPS) is 44.6. The summed E-state index contributed by atoms with van der Waals surface area (Å²) in [6.45, 7) is 4.45. The Labute approximate surface area is 130 Å². The largest absolute Gasteiger partial charge is 0.469 e. The lowest BCUT2D eigenvalue weighted by Crippen LogP contribution is -2.61. The molecule has 3 fully saturated rings. The number of hydrogen-bond donors (Lipinski definition) is 0. The molecule has 1 saturated heterocycles. The van der Waals surface area contributed by atoms with Crippen molar-refractivity contribution in [2.75, 3.05) is 13.7 Å².